The molecule has 1 aromatic heterocycles. The van der Waals surface area contributed by atoms with E-state index in [-0.39, 0.29) is 18.2 Å². The van der Waals surface area contributed by atoms with E-state index >= 15 is 0 Å². The molecule has 0 N–H and O–H groups in total. The van der Waals surface area contributed by atoms with Crippen molar-refractivity contribution in [3.8, 4) is 0 Å². The molecule has 0 aliphatic heterocycles. The Morgan fingerprint density at radius 3 is 2.12 bits per heavy atom. The maximum absolute atomic E-state index is 12.4. The highest BCUT2D eigenvalue weighted by atomic mass is 35.5. The van der Waals surface area contributed by atoms with E-state index in [1.165, 1.54) is 0 Å². The Balaban J connectivity index is 0.00000208. The van der Waals surface area contributed by atoms with Gasteiger partial charge in [-0.15, -0.1) is 0 Å². The average Bonchev–Trinajstić information content (AvgIpc) is 2.58. The molecule has 0 radical (unpaired) electrons. The fourth-order valence-electron chi connectivity index (χ4n) is 2.32. The Labute approximate surface area is 157 Å². The van der Waals surface area contributed by atoms with Crippen molar-refractivity contribution < 1.29 is 21.8 Å². The van der Waals surface area contributed by atoms with Crippen LogP contribution in [-0.4, -0.2) is 5.78 Å². The predicted molar refractivity (Wildman–Crippen MR) is 92.1 cm³/mol. The number of hydrogen-bond donors (Lipinski definition) is 0. The van der Waals surface area contributed by atoms with Crippen LogP contribution in [0.15, 0.2) is 73.1 Å². The maximum atomic E-state index is 12.4. The molecule has 0 fully saturated rings. The molecule has 2 aromatic carbocycles. The van der Waals surface area contributed by atoms with Gasteiger partial charge in [0.2, 0.25) is 0 Å². The summed E-state index contributed by atoms with van der Waals surface area (Å²) in [6.07, 6.45) is 3.75. The standard InChI is InChI=1S/C19H14Cl2NO.ClH/c20-17-7-6-16(18(21)12-17)13-22-10-8-15(9-11-22)19(23)14-4-2-1-3-5-14;/h1-12H,13H2;1H/q+1;/p-1. The Kier molecular flexibility index (Phi) is 6.38. The van der Waals surface area contributed by atoms with Crippen LogP contribution < -0.4 is 17.0 Å². The van der Waals surface area contributed by atoms with Crippen molar-refractivity contribution in [3.63, 3.8) is 0 Å². The van der Waals surface area contributed by atoms with Gasteiger partial charge in [-0.3, -0.25) is 4.79 Å². The molecule has 0 amide bonds. The summed E-state index contributed by atoms with van der Waals surface area (Å²) in [6, 6.07) is 18.3. The molecule has 0 atom stereocenters. The average molecular weight is 379 g/mol. The van der Waals surface area contributed by atoms with E-state index < -0.39 is 0 Å². The fraction of sp³-hybridized carbons (Fsp3) is 0.0526. The number of halogens is 3. The summed E-state index contributed by atoms with van der Waals surface area (Å²) in [5.41, 5.74) is 2.32. The van der Waals surface area contributed by atoms with Gasteiger partial charge in [0.1, 0.15) is 0 Å². The number of carbonyl (C=O) groups excluding carboxylic acids is 1. The molecular formula is C19H14Cl3NO. The van der Waals surface area contributed by atoms with Gasteiger partial charge in [-0.1, -0.05) is 53.5 Å². The summed E-state index contributed by atoms with van der Waals surface area (Å²) in [4.78, 5) is 12.4. The van der Waals surface area contributed by atoms with Crippen LogP contribution in [0.5, 0.6) is 0 Å². The topological polar surface area (TPSA) is 20.9 Å². The Hall–Kier alpha value is -1.87. The number of ketones is 1. The van der Waals surface area contributed by atoms with Crippen molar-refractivity contribution in [3.05, 3.63) is 99.8 Å². The van der Waals surface area contributed by atoms with Crippen LogP contribution >= 0.6 is 23.2 Å². The third-order valence-corrected chi connectivity index (χ3v) is 4.14. The normalized spacial score (nSPS) is 10.1. The van der Waals surface area contributed by atoms with Crippen LogP contribution in [0.3, 0.4) is 0 Å². The third-order valence-electron chi connectivity index (χ3n) is 3.56. The maximum Gasteiger partial charge on any atom is 0.193 e. The second kappa shape index (κ2) is 8.29. The lowest BCUT2D eigenvalue weighted by atomic mass is 10.0. The van der Waals surface area contributed by atoms with E-state index in [2.05, 4.69) is 0 Å². The van der Waals surface area contributed by atoms with E-state index in [1.54, 1.807) is 6.07 Å². The van der Waals surface area contributed by atoms with Crippen LogP contribution in [0.1, 0.15) is 21.5 Å². The third kappa shape index (κ3) is 4.35. The molecule has 2 nitrogen and oxygen atoms in total. The first-order chi connectivity index (χ1) is 11.1. The first-order valence-corrected chi connectivity index (χ1v) is 7.92. The van der Waals surface area contributed by atoms with Crippen molar-refractivity contribution in [2.45, 2.75) is 6.54 Å². The largest absolute Gasteiger partial charge is 1.00 e. The second-order valence-corrected chi connectivity index (χ2v) is 6.03. The molecule has 5 heteroatoms. The van der Waals surface area contributed by atoms with Crippen molar-refractivity contribution in [1.29, 1.82) is 0 Å². The summed E-state index contributed by atoms with van der Waals surface area (Å²) in [5, 5.41) is 1.25. The van der Waals surface area contributed by atoms with Crippen molar-refractivity contribution in [2.75, 3.05) is 0 Å². The number of hydrogen-bond acceptors (Lipinski definition) is 1. The van der Waals surface area contributed by atoms with Crippen molar-refractivity contribution in [1.82, 2.24) is 0 Å². The van der Waals surface area contributed by atoms with Gasteiger partial charge in [-0.05, 0) is 18.2 Å². The molecule has 0 aliphatic rings. The minimum absolute atomic E-state index is 0. The van der Waals surface area contributed by atoms with Crippen LogP contribution in [0.2, 0.25) is 10.0 Å². The number of carbonyl (C=O) groups is 1. The second-order valence-electron chi connectivity index (χ2n) is 5.19. The van der Waals surface area contributed by atoms with Crippen LogP contribution in [0, 0.1) is 0 Å². The molecule has 0 saturated carbocycles. The monoisotopic (exact) mass is 377 g/mol. The molecule has 3 rings (SSSR count). The summed E-state index contributed by atoms with van der Waals surface area (Å²) >= 11 is 12.1. The van der Waals surface area contributed by atoms with Crippen LogP contribution in [0.4, 0.5) is 0 Å². The van der Waals surface area contributed by atoms with Gasteiger partial charge >= 0.3 is 0 Å². The molecule has 0 aliphatic carbocycles. The quantitative estimate of drug-likeness (QED) is 0.499. The molecule has 1 heterocycles. The molecule has 0 unspecified atom stereocenters. The minimum atomic E-state index is 0. The zero-order valence-corrected chi connectivity index (χ0v) is 14.9. The highest BCUT2D eigenvalue weighted by Gasteiger charge is 2.12. The Bertz CT molecular complexity index is 833. The van der Waals surface area contributed by atoms with Crippen molar-refractivity contribution in [2.24, 2.45) is 0 Å². The summed E-state index contributed by atoms with van der Waals surface area (Å²) in [7, 11) is 0. The number of rotatable bonds is 4. The lowest BCUT2D eigenvalue weighted by molar-refractivity contribution is -0.688. The van der Waals surface area contributed by atoms with Gasteiger partial charge in [0, 0.05) is 33.8 Å². The molecule has 0 bridgehead atoms. The highest BCUT2D eigenvalue weighted by molar-refractivity contribution is 6.35. The van der Waals surface area contributed by atoms with E-state index in [9.17, 15) is 4.79 Å². The number of nitrogens with zero attached hydrogens (tertiary/aromatic N) is 1. The summed E-state index contributed by atoms with van der Waals surface area (Å²) < 4.78 is 1.97. The first kappa shape index (κ1) is 18.5. The number of pyridine rings is 1. The van der Waals surface area contributed by atoms with Crippen LogP contribution in [-0.2, 0) is 6.54 Å². The molecule has 0 spiro atoms. The van der Waals surface area contributed by atoms with E-state index in [0.717, 1.165) is 5.56 Å². The van der Waals surface area contributed by atoms with Gasteiger partial charge < -0.3 is 12.4 Å². The first-order valence-electron chi connectivity index (χ1n) is 7.16. The zero-order valence-electron chi connectivity index (χ0n) is 12.6. The zero-order chi connectivity index (χ0) is 16.2. The fourth-order valence-corrected chi connectivity index (χ4v) is 2.79. The minimum Gasteiger partial charge on any atom is -1.00 e. The Morgan fingerprint density at radius 2 is 1.50 bits per heavy atom. The molecule has 3 aromatic rings. The predicted octanol–water partition coefficient (Wildman–Crippen LogP) is 1.56. The molecule has 122 valence electrons. The lowest BCUT2D eigenvalue weighted by Gasteiger charge is -2.03. The van der Waals surface area contributed by atoms with E-state index in [1.807, 2.05) is 71.6 Å². The number of benzene rings is 2. The van der Waals surface area contributed by atoms with Gasteiger partial charge in [0.25, 0.3) is 0 Å². The van der Waals surface area contributed by atoms with E-state index in [4.69, 9.17) is 23.2 Å². The SMILES string of the molecule is O=C(c1ccccc1)c1cc[n+](Cc2ccc(Cl)cc2Cl)cc1.[Cl-]. The smallest absolute Gasteiger partial charge is 0.193 e. The molecule has 24 heavy (non-hydrogen) atoms. The molecular weight excluding hydrogens is 365 g/mol. The van der Waals surface area contributed by atoms with Gasteiger partial charge in [-0.2, -0.15) is 0 Å². The number of aromatic nitrogens is 1. The summed E-state index contributed by atoms with van der Waals surface area (Å²) in [6.45, 7) is 0.621. The Morgan fingerprint density at radius 1 is 0.875 bits per heavy atom. The van der Waals surface area contributed by atoms with Gasteiger partial charge in [-0.25, -0.2) is 4.57 Å². The van der Waals surface area contributed by atoms with E-state index in [0.29, 0.717) is 27.7 Å². The van der Waals surface area contributed by atoms with Gasteiger partial charge in [0.15, 0.2) is 24.7 Å². The van der Waals surface area contributed by atoms with Gasteiger partial charge in [0.05, 0.1) is 5.02 Å². The molecule has 0 saturated heterocycles. The lowest BCUT2D eigenvalue weighted by Crippen LogP contribution is -3.00. The highest BCUT2D eigenvalue weighted by Crippen LogP contribution is 2.20. The summed E-state index contributed by atoms with van der Waals surface area (Å²) in [5.74, 6) is 0.0160. The van der Waals surface area contributed by atoms with Crippen LogP contribution in [0.25, 0.3) is 0 Å². The van der Waals surface area contributed by atoms with Crippen molar-refractivity contribution >= 4 is 29.0 Å².